The molecule has 0 atom stereocenters. The average molecular weight is 396 g/mol. The molecule has 0 bridgehead atoms. The lowest BCUT2D eigenvalue weighted by molar-refractivity contribution is -0.131. The number of nitrogens with one attached hydrogen (secondary N) is 1. The Morgan fingerprint density at radius 3 is 2.03 bits per heavy atom. The number of hydrogen-bond donors (Lipinski definition) is 1. The molecule has 2 aromatic rings. The van der Waals surface area contributed by atoms with Crippen LogP contribution in [0.4, 0.5) is 0 Å². The minimum Gasteiger partial charge on any atom is -0.497 e. The van der Waals surface area contributed by atoms with Crippen LogP contribution in [0.3, 0.4) is 0 Å². The normalized spacial score (nSPS) is 14.3. The number of benzene rings is 2. The maximum atomic E-state index is 13.0. The summed E-state index contributed by atoms with van der Waals surface area (Å²) in [5, 5.41) is 2.76. The molecule has 0 radical (unpaired) electrons. The first kappa shape index (κ1) is 20.4. The summed E-state index contributed by atoms with van der Waals surface area (Å²) in [5.41, 5.74) is 1.41. The van der Waals surface area contributed by atoms with Crippen LogP contribution in [0.15, 0.2) is 54.2 Å². The van der Waals surface area contributed by atoms with E-state index < -0.39 is 0 Å². The van der Waals surface area contributed by atoms with Gasteiger partial charge in [-0.2, -0.15) is 0 Å². The van der Waals surface area contributed by atoms with Gasteiger partial charge < -0.3 is 24.4 Å². The van der Waals surface area contributed by atoms with E-state index in [0.29, 0.717) is 43.4 Å². The Balaban J connectivity index is 1.85. The lowest BCUT2D eigenvalue weighted by Gasteiger charge is -2.27. The first-order valence-electron chi connectivity index (χ1n) is 9.29. The molecule has 0 unspecified atom stereocenters. The van der Waals surface area contributed by atoms with Gasteiger partial charge in [-0.05, 0) is 48.0 Å². The van der Waals surface area contributed by atoms with Crippen LogP contribution in [-0.4, -0.2) is 57.2 Å². The second kappa shape index (κ2) is 9.75. The van der Waals surface area contributed by atoms with Crippen molar-refractivity contribution in [2.45, 2.75) is 0 Å². The minimum absolute atomic E-state index is 0.206. The molecule has 1 aliphatic rings. The van der Waals surface area contributed by atoms with Gasteiger partial charge in [0, 0.05) is 18.7 Å². The predicted molar refractivity (Wildman–Crippen MR) is 109 cm³/mol. The van der Waals surface area contributed by atoms with Gasteiger partial charge in [-0.25, -0.2) is 0 Å². The summed E-state index contributed by atoms with van der Waals surface area (Å²) in [5.74, 6) is 0.755. The van der Waals surface area contributed by atoms with Crippen LogP contribution in [-0.2, 0) is 9.53 Å². The third-order valence-electron chi connectivity index (χ3n) is 4.56. The van der Waals surface area contributed by atoms with Crippen molar-refractivity contribution in [3.8, 4) is 11.5 Å². The molecule has 7 nitrogen and oxygen atoms in total. The highest BCUT2D eigenvalue weighted by Gasteiger charge is 2.22. The number of nitrogens with zero attached hydrogens (tertiary/aromatic N) is 1. The Labute approximate surface area is 169 Å². The molecule has 0 spiro atoms. The Kier molecular flexibility index (Phi) is 6.86. The summed E-state index contributed by atoms with van der Waals surface area (Å²) >= 11 is 0. The van der Waals surface area contributed by atoms with Crippen molar-refractivity contribution in [3.05, 3.63) is 65.4 Å². The van der Waals surface area contributed by atoms with Gasteiger partial charge >= 0.3 is 0 Å². The van der Waals surface area contributed by atoms with E-state index >= 15 is 0 Å². The number of rotatable bonds is 6. The number of methoxy groups -OCH3 is 2. The fourth-order valence-electron chi connectivity index (χ4n) is 2.89. The fourth-order valence-corrected chi connectivity index (χ4v) is 2.89. The lowest BCUT2D eigenvalue weighted by atomic mass is 10.1. The van der Waals surface area contributed by atoms with Crippen LogP contribution in [0, 0.1) is 0 Å². The maximum Gasteiger partial charge on any atom is 0.270 e. The Morgan fingerprint density at radius 2 is 1.48 bits per heavy atom. The number of carbonyl (C=O) groups excluding carboxylic acids is 2. The average Bonchev–Trinajstić information content (AvgIpc) is 2.79. The third kappa shape index (κ3) is 5.36. The van der Waals surface area contributed by atoms with E-state index in [4.69, 9.17) is 14.2 Å². The quantitative estimate of drug-likeness (QED) is 0.759. The van der Waals surface area contributed by atoms with Crippen molar-refractivity contribution >= 4 is 17.9 Å². The number of morpholine rings is 1. The molecular weight excluding hydrogens is 372 g/mol. The number of hydrogen-bond acceptors (Lipinski definition) is 5. The van der Waals surface area contributed by atoms with Gasteiger partial charge in [-0.3, -0.25) is 9.59 Å². The molecule has 29 heavy (non-hydrogen) atoms. The van der Waals surface area contributed by atoms with Crippen LogP contribution in [0.1, 0.15) is 15.9 Å². The van der Waals surface area contributed by atoms with Crippen molar-refractivity contribution in [2.75, 3.05) is 40.5 Å². The van der Waals surface area contributed by atoms with E-state index in [9.17, 15) is 9.59 Å². The molecule has 1 saturated heterocycles. The van der Waals surface area contributed by atoms with Crippen LogP contribution in [0.5, 0.6) is 11.5 Å². The maximum absolute atomic E-state index is 13.0. The van der Waals surface area contributed by atoms with Gasteiger partial charge in [-0.15, -0.1) is 0 Å². The first-order chi connectivity index (χ1) is 14.1. The molecule has 152 valence electrons. The Hall–Kier alpha value is -3.32. The Bertz CT molecular complexity index is 869. The topological polar surface area (TPSA) is 77.1 Å². The van der Waals surface area contributed by atoms with Gasteiger partial charge in [0.25, 0.3) is 11.8 Å². The second-order valence-corrected chi connectivity index (χ2v) is 6.42. The third-order valence-corrected chi connectivity index (χ3v) is 4.56. The number of ether oxygens (including phenoxy) is 3. The smallest absolute Gasteiger partial charge is 0.270 e. The summed E-state index contributed by atoms with van der Waals surface area (Å²) in [4.78, 5) is 27.4. The SMILES string of the molecule is COc1ccc(/C=C(/NC(=O)c2ccc(OC)cc2)C(=O)N2CCOCC2)cc1. The number of carbonyl (C=O) groups is 2. The van der Waals surface area contributed by atoms with Crippen LogP contribution < -0.4 is 14.8 Å². The highest BCUT2D eigenvalue weighted by atomic mass is 16.5. The van der Waals surface area contributed by atoms with Gasteiger partial charge in [0.05, 0.1) is 27.4 Å². The largest absolute Gasteiger partial charge is 0.497 e. The zero-order valence-electron chi connectivity index (χ0n) is 16.5. The summed E-state index contributed by atoms with van der Waals surface area (Å²) in [6, 6.07) is 14.0. The van der Waals surface area contributed by atoms with Crippen molar-refractivity contribution in [3.63, 3.8) is 0 Å². The van der Waals surface area contributed by atoms with Crippen LogP contribution in [0.2, 0.25) is 0 Å². The number of amides is 2. The molecule has 1 N–H and O–H groups in total. The standard InChI is InChI=1S/C22H24N2O5/c1-27-18-7-3-16(4-8-18)15-20(22(26)24-11-13-29-14-12-24)23-21(25)17-5-9-19(28-2)10-6-17/h3-10,15H,11-14H2,1-2H3,(H,23,25)/b20-15+. The van der Waals surface area contributed by atoms with E-state index in [1.165, 1.54) is 0 Å². The molecule has 1 aliphatic heterocycles. The predicted octanol–water partition coefficient (Wildman–Crippen LogP) is 2.33. The molecule has 2 amide bonds. The molecule has 0 saturated carbocycles. The van der Waals surface area contributed by atoms with E-state index in [1.54, 1.807) is 61.6 Å². The van der Waals surface area contributed by atoms with E-state index in [2.05, 4.69) is 5.32 Å². The van der Waals surface area contributed by atoms with E-state index in [1.807, 2.05) is 12.1 Å². The zero-order chi connectivity index (χ0) is 20.6. The first-order valence-corrected chi connectivity index (χ1v) is 9.29. The monoisotopic (exact) mass is 396 g/mol. The fraction of sp³-hybridized carbons (Fsp3) is 0.273. The highest BCUT2D eigenvalue weighted by Crippen LogP contribution is 2.16. The van der Waals surface area contributed by atoms with Gasteiger partial charge in [0.2, 0.25) is 0 Å². The summed E-state index contributed by atoms with van der Waals surface area (Å²) in [7, 11) is 3.15. The van der Waals surface area contributed by atoms with Crippen molar-refractivity contribution < 1.29 is 23.8 Å². The second-order valence-electron chi connectivity index (χ2n) is 6.42. The Morgan fingerprint density at radius 1 is 0.931 bits per heavy atom. The molecule has 1 heterocycles. The summed E-state index contributed by atoms with van der Waals surface area (Å²) < 4.78 is 15.6. The van der Waals surface area contributed by atoms with Gasteiger partial charge in [0.1, 0.15) is 17.2 Å². The van der Waals surface area contributed by atoms with Crippen molar-refractivity contribution in [2.24, 2.45) is 0 Å². The van der Waals surface area contributed by atoms with E-state index in [0.717, 1.165) is 5.56 Å². The summed E-state index contributed by atoms with van der Waals surface area (Å²) in [6.45, 7) is 1.93. The van der Waals surface area contributed by atoms with Crippen LogP contribution >= 0.6 is 0 Å². The lowest BCUT2D eigenvalue weighted by Crippen LogP contribution is -2.44. The molecule has 7 heteroatoms. The minimum atomic E-state index is -0.367. The van der Waals surface area contributed by atoms with E-state index in [-0.39, 0.29) is 17.5 Å². The molecule has 1 fully saturated rings. The van der Waals surface area contributed by atoms with Crippen molar-refractivity contribution in [1.82, 2.24) is 10.2 Å². The molecule has 0 aromatic heterocycles. The molecule has 3 rings (SSSR count). The zero-order valence-corrected chi connectivity index (χ0v) is 16.5. The van der Waals surface area contributed by atoms with Crippen LogP contribution in [0.25, 0.3) is 6.08 Å². The highest BCUT2D eigenvalue weighted by molar-refractivity contribution is 6.05. The van der Waals surface area contributed by atoms with Gasteiger partial charge in [-0.1, -0.05) is 12.1 Å². The van der Waals surface area contributed by atoms with Crippen molar-refractivity contribution in [1.29, 1.82) is 0 Å². The summed E-state index contributed by atoms with van der Waals surface area (Å²) in [6.07, 6.45) is 1.67. The molecule has 0 aliphatic carbocycles. The molecular formula is C22H24N2O5. The molecule has 2 aromatic carbocycles. The van der Waals surface area contributed by atoms with Gasteiger partial charge in [0.15, 0.2) is 0 Å².